The van der Waals surface area contributed by atoms with E-state index in [0.717, 1.165) is 25.9 Å². The van der Waals surface area contributed by atoms with E-state index in [-0.39, 0.29) is 11.9 Å². The number of aliphatic carboxylic acids is 1. The molecule has 25 heavy (non-hydrogen) atoms. The van der Waals surface area contributed by atoms with Crippen molar-refractivity contribution in [2.24, 2.45) is 5.92 Å². The molecule has 1 fully saturated rings. The van der Waals surface area contributed by atoms with Gasteiger partial charge in [0.05, 0.1) is 12.5 Å². The third-order valence-electron chi connectivity index (χ3n) is 4.50. The Morgan fingerprint density at radius 1 is 1.12 bits per heavy atom. The molecule has 6 heteroatoms. The van der Waals surface area contributed by atoms with E-state index in [1.807, 2.05) is 18.2 Å². The second-order valence-corrected chi connectivity index (χ2v) is 6.39. The van der Waals surface area contributed by atoms with Crippen LogP contribution in [0.5, 0.6) is 0 Å². The Hall–Kier alpha value is -2.08. The predicted octanol–water partition coefficient (Wildman–Crippen LogP) is 2.53. The summed E-state index contributed by atoms with van der Waals surface area (Å²) in [6.45, 7) is 3.08. The van der Waals surface area contributed by atoms with E-state index in [1.54, 1.807) is 4.90 Å². The van der Waals surface area contributed by atoms with Crippen LogP contribution in [0.4, 0.5) is 4.79 Å². The zero-order valence-corrected chi connectivity index (χ0v) is 14.7. The largest absolute Gasteiger partial charge is 0.481 e. The summed E-state index contributed by atoms with van der Waals surface area (Å²) in [5.74, 6) is -1.07. The lowest BCUT2D eigenvalue weighted by Gasteiger charge is -2.30. The number of hydrogen-bond acceptors (Lipinski definition) is 3. The number of benzene rings is 1. The quantitative estimate of drug-likeness (QED) is 0.672. The molecule has 1 aliphatic rings. The summed E-state index contributed by atoms with van der Waals surface area (Å²) in [5.41, 5.74) is 1.28. The van der Waals surface area contributed by atoms with E-state index in [4.69, 9.17) is 9.84 Å². The number of carbonyl (C=O) groups excluding carboxylic acids is 1. The first-order chi connectivity index (χ1) is 12.2. The van der Waals surface area contributed by atoms with Crippen LogP contribution in [0.25, 0.3) is 0 Å². The maximum absolute atomic E-state index is 12.0. The zero-order chi connectivity index (χ0) is 17.9. The first-order valence-electron chi connectivity index (χ1n) is 9.04. The lowest BCUT2D eigenvalue weighted by Crippen LogP contribution is -2.45. The van der Waals surface area contributed by atoms with E-state index in [9.17, 15) is 9.59 Å². The molecule has 1 aromatic carbocycles. The number of unbranched alkanes of at least 4 members (excludes halogenated alkanes) is 1. The molecule has 0 unspecified atom stereocenters. The number of carbonyl (C=O) groups is 2. The molecule has 2 N–H and O–H groups in total. The predicted molar refractivity (Wildman–Crippen MR) is 95.5 cm³/mol. The number of urea groups is 1. The maximum Gasteiger partial charge on any atom is 0.317 e. The van der Waals surface area contributed by atoms with Gasteiger partial charge in [-0.05, 0) is 37.7 Å². The summed E-state index contributed by atoms with van der Waals surface area (Å²) in [6.07, 6.45) is 3.79. The minimum atomic E-state index is -0.757. The minimum absolute atomic E-state index is 0.0890. The maximum atomic E-state index is 12.0. The zero-order valence-electron chi connectivity index (χ0n) is 14.7. The van der Waals surface area contributed by atoms with Gasteiger partial charge in [0.25, 0.3) is 0 Å². The number of carboxylic acids is 1. The van der Waals surface area contributed by atoms with Gasteiger partial charge >= 0.3 is 12.0 Å². The van der Waals surface area contributed by atoms with E-state index in [0.29, 0.717) is 39.1 Å². The van der Waals surface area contributed by atoms with E-state index in [1.165, 1.54) is 5.56 Å². The number of hydrogen-bond donors (Lipinski definition) is 2. The highest BCUT2D eigenvalue weighted by Gasteiger charge is 2.26. The van der Waals surface area contributed by atoms with Gasteiger partial charge in [-0.2, -0.15) is 0 Å². The number of ether oxygens (including phenoxy) is 1. The lowest BCUT2D eigenvalue weighted by molar-refractivity contribution is -0.143. The molecule has 0 atom stereocenters. The monoisotopic (exact) mass is 348 g/mol. The van der Waals surface area contributed by atoms with Crippen molar-refractivity contribution in [1.29, 1.82) is 0 Å². The SMILES string of the molecule is O=C(O)C1CCN(C(=O)NCCCCOCCc2ccccc2)CC1. The number of rotatable bonds is 9. The average Bonchev–Trinajstić information content (AvgIpc) is 2.64. The minimum Gasteiger partial charge on any atom is -0.481 e. The van der Waals surface area contributed by atoms with Crippen molar-refractivity contribution in [2.75, 3.05) is 32.8 Å². The first-order valence-corrected chi connectivity index (χ1v) is 9.04. The summed E-state index contributed by atoms with van der Waals surface area (Å²) in [6, 6.07) is 10.2. The molecule has 138 valence electrons. The van der Waals surface area contributed by atoms with Gasteiger partial charge in [0.15, 0.2) is 0 Å². The van der Waals surface area contributed by atoms with Crippen molar-refractivity contribution in [3.8, 4) is 0 Å². The topological polar surface area (TPSA) is 78.9 Å². The Bertz CT molecular complexity index is 527. The molecular weight excluding hydrogens is 320 g/mol. The van der Waals surface area contributed by atoms with Crippen LogP contribution in [-0.4, -0.2) is 54.9 Å². The molecule has 0 spiro atoms. The molecule has 0 radical (unpaired) electrons. The standard InChI is InChI=1S/C19H28N2O4/c22-18(23)17-8-12-21(13-9-17)19(24)20-11-4-5-14-25-15-10-16-6-2-1-3-7-16/h1-3,6-7,17H,4-5,8-15H2,(H,20,24)(H,22,23). The van der Waals surface area contributed by atoms with Crippen LogP contribution in [-0.2, 0) is 16.0 Å². The third kappa shape index (κ3) is 7.13. The molecular formula is C19H28N2O4. The molecule has 2 rings (SSSR count). The van der Waals surface area contributed by atoms with Gasteiger partial charge in [0.2, 0.25) is 0 Å². The van der Waals surface area contributed by atoms with Crippen LogP contribution in [0.3, 0.4) is 0 Å². The molecule has 0 bridgehead atoms. The van der Waals surface area contributed by atoms with Gasteiger partial charge in [-0.1, -0.05) is 30.3 Å². The number of nitrogens with zero attached hydrogens (tertiary/aromatic N) is 1. The second-order valence-electron chi connectivity index (χ2n) is 6.39. The van der Waals surface area contributed by atoms with Gasteiger partial charge in [-0.25, -0.2) is 4.79 Å². The second kappa shape index (κ2) is 10.7. The Morgan fingerprint density at radius 3 is 2.52 bits per heavy atom. The normalized spacial score (nSPS) is 15.1. The molecule has 2 amide bonds. The van der Waals surface area contributed by atoms with E-state index < -0.39 is 5.97 Å². The fraction of sp³-hybridized carbons (Fsp3) is 0.579. The molecule has 1 aliphatic heterocycles. The number of nitrogens with one attached hydrogen (secondary N) is 1. The fourth-order valence-electron chi connectivity index (χ4n) is 2.90. The molecule has 1 aromatic rings. The number of carboxylic acid groups (broad SMARTS) is 1. The third-order valence-corrected chi connectivity index (χ3v) is 4.50. The molecule has 1 heterocycles. The van der Waals surface area contributed by atoms with Gasteiger partial charge in [0.1, 0.15) is 0 Å². The smallest absolute Gasteiger partial charge is 0.317 e. The highest BCUT2D eigenvalue weighted by atomic mass is 16.5. The Labute approximate surface area is 149 Å². The summed E-state index contributed by atoms with van der Waals surface area (Å²) < 4.78 is 5.62. The number of likely N-dealkylation sites (tertiary alicyclic amines) is 1. The van der Waals surface area contributed by atoms with Gasteiger partial charge in [-0.15, -0.1) is 0 Å². The van der Waals surface area contributed by atoms with Crippen LogP contribution in [0.2, 0.25) is 0 Å². The van der Waals surface area contributed by atoms with Crippen LogP contribution < -0.4 is 5.32 Å². The molecule has 0 aliphatic carbocycles. The van der Waals surface area contributed by atoms with Crippen molar-refractivity contribution in [3.05, 3.63) is 35.9 Å². The number of piperidine rings is 1. The van der Waals surface area contributed by atoms with Gasteiger partial charge in [0, 0.05) is 26.2 Å². The first kappa shape index (κ1) is 19.2. The highest BCUT2D eigenvalue weighted by molar-refractivity contribution is 5.75. The van der Waals surface area contributed by atoms with Crippen molar-refractivity contribution < 1.29 is 19.4 Å². The molecule has 0 saturated carbocycles. The summed E-state index contributed by atoms with van der Waals surface area (Å²) in [5, 5.41) is 11.9. The summed E-state index contributed by atoms with van der Waals surface area (Å²) in [7, 11) is 0. The average molecular weight is 348 g/mol. The molecule has 1 saturated heterocycles. The van der Waals surface area contributed by atoms with Crippen LogP contribution in [0.15, 0.2) is 30.3 Å². The Kier molecular flexibility index (Phi) is 8.25. The summed E-state index contributed by atoms with van der Waals surface area (Å²) >= 11 is 0. The van der Waals surface area contributed by atoms with Crippen LogP contribution >= 0.6 is 0 Å². The molecule has 6 nitrogen and oxygen atoms in total. The Balaban J connectivity index is 1.45. The fourth-order valence-corrected chi connectivity index (χ4v) is 2.90. The van der Waals surface area contributed by atoms with Gasteiger partial charge in [-0.3, -0.25) is 4.79 Å². The van der Waals surface area contributed by atoms with Crippen molar-refractivity contribution in [3.63, 3.8) is 0 Å². The summed E-state index contributed by atoms with van der Waals surface area (Å²) in [4.78, 5) is 24.6. The van der Waals surface area contributed by atoms with Crippen molar-refractivity contribution in [2.45, 2.75) is 32.1 Å². The Morgan fingerprint density at radius 2 is 1.84 bits per heavy atom. The number of amides is 2. The lowest BCUT2D eigenvalue weighted by atomic mass is 9.97. The van der Waals surface area contributed by atoms with Gasteiger partial charge < -0.3 is 20.1 Å². The van der Waals surface area contributed by atoms with E-state index in [2.05, 4.69) is 17.4 Å². The van der Waals surface area contributed by atoms with Crippen molar-refractivity contribution in [1.82, 2.24) is 10.2 Å². The highest BCUT2D eigenvalue weighted by Crippen LogP contribution is 2.17. The van der Waals surface area contributed by atoms with Crippen LogP contribution in [0, 0.1) is 5.92 Å². The van der Waals surface area contributed by atoms with Crippen LogP contribution in [0.1, 0.15) is 31.2 Å². The van der Waals surface area contributed by atoms with E-state index >= 15 is 0 Å². The molecule has 0 aromatic heterocycles. The van der Waals surface area contributed by atoms with Crippen molar-refractivity contribution >= 4 is 12.0 Å².